The minimum absolute atomic E-state index is 0.0859. The highest BCUT2D eigenvalue weighted by molar-refractivity contribution is 6.03. The van der Waals surface area contributed by atoms with Crippen LogP contribution in [0.25, 0.3) is 10.9 Å². The van der Waals surface area contributed by atoms with Gasteiger partial charge in [0.25, 0.3) is 5.91 Å². The van der Waals surface area contributed by atoms with Crippen LogP contribution in [0.4, 0.5) is 15.9 Å². The van der Waals surface area contributed by atoms with Crippen LogP contribution in [-0.4, -0.2) is 51.8 Å². The highest BCUT2D eigenvalue weighted by atomic mass is 19.1. The largest absolute Gasteiger partial charge is 0.354 e. The van der Waals surface area contributed by atoms with E-state index < -0.39 is 11.7 Å². The molecule has 1 amide bonds. The minimum Gasteiger partial charge on any atom is -0.354 e. The SMILES string of the molecule is CNC1CCN(c2cnc(C(=O)Nc3cc4cn(C)nc4cc3F)cn2)C1. The molecule has 1 fully saturated rings. The van der Waals surface area contributed by atoms with Gasteiger partial charge in [0.1, 0.15) is 17.3 Å². The van der Waals surface area contributed by atoms with Crippen molar-refractivity contribution in [2.24, 2.45) is 7.05 Å². The Balaban J connectivity index is 1.49. The molecule has 1 aliphatic rings. The zero-order chi connectivity index (χ0) is 19.0. The van der Waals surface area contributed by atoms with E-state index in [2.05, 4.69) is 30.6 Å². The fourth-order valence-electron chi connectivity index (χ4n) is 3.26. The normalized spacial score (nSPS) is 16.9. The zero-order valence-electron chi connectivity index (χ0n) is 15.1. The predicted octanol–water partition coefficient (Wildman–Crippen LogP) is 1.55. The second-order valence-corrected chi connectivity index (χ2v) is 6.63. The quantitative estimate of drug-likeness (QED) is 0.726. The van der Waals surface area contributed by atoms with Crippen LogP contribution in [0.3, 0.4) is 0 Å². The number of benzene rings is 1. The molecule has 0 radical (unpaired) electrons. The Morgan fingerprint density at radius 1 is 1.30 bits per heavy atom. The van der Waals surface area contributed by atoms with Gasteiger partial charge in [0.15, 0.2) is 0 Å². The highest BCUT2D eigenvalue weighted by Crippen LogP contribution is 2.22. The first-order valence-electron chi connectivity index (χ1n) is 8.72. The molecule has 2 N–H and O–H groups in total. The Morgan fingerprint density at radius 3 is 2.85 bits per heavy atom. The van der Waals surface area contributed by atoms with Crippen molar-refractivity contribution in [2.45, 2.75) is 12.5 Å². The number of anilines is 2. The first kappa shape index (κ1) is 17.3. The van der Waals surface area contributed by atoms with E-state index in [1.807, 2.05) is 7.05 Å². The first-order valence-corrected chi connectivity index (χ1v) is 8.72. The molecule has 1 aliphatic heterocycles. The van der Waals surface area contributed by atoms with Gasteiger partial charge in [-0.15, -0.1) is 0 Å². The number of carbonyl (C=O) groups excluding carboxylic acids is 1. The van der Waals surface area contributed by atoms with E-state index in [1.54, 1.807) is 30.2 Å². The van der Waals surface area contributed by atoms with E-state index in [0.29, 0.717) is 11.6 Å². The Bertz CT molecular complexity index is 985. The van der Waals surface area contributed by atoms with Crippen molar-refractivity contribution >= 4 is 28.3 Å². The number of hydrogen-bond donors (Lipinski definition) is 2. The van der Waals surface area contributed by atoms with E-state index in [0.717, 1.165) is 30.7 Å². The summed E-state index contributed by atoms with van der Waals surface area (Å²) < 4.78 is 15.8. The first-order chi connectivity index (χ1) is 13.0. The van der Waals surface area contributed by atoms with Crippen LogP contribution in [0.1, 0.15) is 16.9 Å². The van der Waals surface area contributed by atoms with Crippen LogP contribution in [0, 0.1) is 5.82 Å². The third-order valence-electron chi connectivity index (χ3n) is 4.75. The molecule has 0 saturated carbocycles. The summed E-state index contributed by atoms with van der Waals surface area (Å²) in [5.41, 5.74) is 0.749. The molecule has 2 aromatic heterocycles. The van der Waals surface area contributed by atoms with E-state index in [-0.39, 0.29) is 11.4 Å². The van der Waals surface area contributed by atoms with Crippen molar-refractivity contribution in [3.05, 3.63) is 42.2 Å². The van der Waals surface area contributed by atoms with Gasteiger partial charge in [-0.25, -0.2) is 14.4 Å². The second kappa shape index (κ2) is 6.92. The van der Waals surface area contributed by atoms with Gasteiger partial charge in [0.2, 0.25) is 0 Å². The van der Waals surface area contributed by atoms with Crippen molar-refractivity contribution in [3.63, 3.8) is 0 Å². The summed E-state index contributed by atoms with van der Waals surface area (Å²) in [4.78, 5) is 23.1. The lowest BCUT2D eigenvalue weighted by atomic mass is 10.2. The van der Waals surface area contributed by atoms with Gasteiger partial charge in [-0.3, -0.25) is 9.48 Å². The molecular weight excluding hydrogens is 349 g/mol. The summed E-state index contributed by atoms with van der Waals surface area (Å²) in [5, 5.41) is 10.7. The summed E-state index contributed by atoms with van der Waals surface area (Å²) in [6, 6.07) is 3.28. The van der Waals surface area contributed by atoms with Gasteiger partial charge in [-0.1, -0.05) is 0 Å². The van der Waals surface area contributed by atoms with Crippen molar-refractivity contribution in [3.8, 4) is 0 Å². The molecule has 0 spiro atoms. The van der Waals surface area contributed by atoms with Crippen molar-refractivity contribution in [1.82, 2.24) is 25.1 Å². The number of aryl methyl sites for hydroxylation is 1. The van der Waals surface area contributed by atoms with Crippen LogP contribution in [0.15, 0.2) is 30.7 Å². The predicted molar refractivity (Wildman–Crippen MR) is 100 cm³/mol. The molecule has 4 rings (SSSR count). The van der Waals surface area contributed by atoms with Crippen LogP contribution >= 0.6 is 0 Å². The molecule has 8 nitrogen and oxygen atoms in total. The van der Waals surface area contributed by atoms with Crippen LogP contribution in [0.2, 0.25) is 0 Å². The topological polar surface area (TPSA) is 88.0 Å². The number of aromatic nitrogens is 4. The molecule has 27 heavy (non-hydrogen) atoms. The summed E-state index contributed by atoms with van der Waals surface area (Å²) in [7, 11) is 3.70. The smallest absolute Gasteiger partial charge is 0.275 e. The molecule has 1 aromatic carbocycles. The lowest BCUT2D eigenvalue weighted by molar-refractivity contribution is 0.102. The average Bonchev–Trinajstić information content (AvgIpc) is 3.27. The molecule has 0 bridgehead atoms. The second-order valence-electron chi connectivity index (χ2n) is 6.63. The van der Waals surface area contributed by atoms with E-state index in [9.17, 15) is 9.18 Å². The Labute approximate surface area is 155 Å². The maximum absolute atomic E-state index is 14.2. The molecular formula is C18H20FN7O. The Hall–Kier alpha value is -3.07. The Kier molecular flexibility index (Phi) is 4.44. The number of fused-ring (bicyclic) bond motifs is 1. The van der Waals surface area contributed by atoms with Gasteiger partial charge >= 0.3 is 0 Å². The average molecular weight is 369 g/mol. The lowest BCUT2D eigenvalue weighted by Crippen LogP contribution is -2.30. The highest BCUT2D eigenvalue weighted by Gasteiger charge is 2.22. The molecule has 1 saturated heterocycles. The number of carbonyl (C=O) groups is 1. The van der Waals surface area contributed by atoms with Gasteiger partial charge < -0.3 is 15.5 Å². The molecule has 9 heteroatoms. The van der Waals surface area contributed by atoms with Crippen molar-refractivity contribution in [1.29, 1.82) is 0 Å². The van der Waals surface area contributed by atoms with E-state index in [4.69, 9.17) is 0 Å². The summed E-state index contributed by atoms with van der Waals surface area (Å²) in [6.45, 7) is 1.75. The standard InChI is InChI=1S/C18H20FN7O/c1-20-12-3-4-26(10-12)17-8-21-16(7-22-17)18(27)23-15-5-11-9-25(2)24-14(11)6-13(15)19/h5-9,12,20H,3-4,10H2,1-2H3,(H,23,27). The van der Waals surface area contributed by atoms with Crippen LogP contribution in [0.5, 0.6) is 0 Å². The van der Waals surface area contributed by atoms with Crippen molar-refractivity contribution in [2.75, 3.05) is 30.4 Å². The third-order valence-corrected chi connectivity index (χ3v) is 4.75. The molecule has 1 unspecified atom stereocenters. The summed E-state index contributed by atoms with van der Waals surface area (Å²) >= 11 is 0. The third kappa shape index (κ3) is 3.45. The number of nitrogens with zero attached hydrogens (tertiary/aromatic N) is 5. The van der Waals surface area contributed by atoms with Gasteiger partial charge in [-0.2, -0.15) is 5.10 Å². The number of hydrogen-bond acceptors (Lipinski definition) is 6. The molecule has 1 atom stereocenters. The molecule has 3 heterocycles. The number of rotatable bonds is 4. The number of nitrogens with one attached hydrogen (secondary N) is 2. The van der Waals surface area contributed by atoms with Gasteiger partial charge in [0.05, 0.1) is 23.6 Å². The summed E-state index contributed by atoms with van der Waals surface area (Å²) in [5.74, 6) is -0.327. The monoisotopic (exact) mass is 369 g/mol. The van der Waals surface area contributed by atoms with Gasteiger partial charge in [0, 0.05) is 43.8 Å². The van der Waals surface area contributed by atoms with E-state index in [1.165, 1.54) is 12.3 Å². The molecule has 3 aromatic rings. The maximum atomic E-state index is 14.2. The molecule has 0 aliphatic carbocycles. The molecule has 140 valence electrons. The zero-order valence-corrected chi connectivity index (χ0v) is 15.1. The Morgan fingerprint density at radius 2 is 2.15 bits per heavy atom. The van der Waals surface area contributed by atoms with E-state index >= 15 is 0 Å². The van der Waals surface area contributed by atoms with Crippen molar-refractivity contribution < 1.29 is 9.18 Å². The number of halogens is 1. The fraction of sp³-hybridized carbons (Fsp3) is 0.333. The summed E-state index contributed by atoms with van der Waals surface area (Å²) in [6.07, 6.45) is 5.79. The lowest BCUT2D eigenvalue weighted by Gasteiger charge is -2.17. The van der Waals surface area contributed by atoms with Crippen LogP contribution < -0.4 is 15.5 Å². The number of amides is 1. The van der Waals surface area contributed by atoms with Crippen LogP contribution in [-0.2, 0) is 7.05 Å². The minimum atomic E-state index is -0.547. The maximum Gasteiger partial charge on any atom is 0.275 e. The number of likely N-dealkylation sites (N-methyl/N-ethyl adjacent to an activating group) is 1. The fourth-order valence-corrected chi connectivity index (χ4v) is 3.26. The van der Waals surface area contributed by atoms with Gasteiger partial charge in [-0.05, 0) is 19.5 Å².